The maximum Gasteiger partial charge on any atom is 0.157 e. The molecule has 2 N–H and O–H groups in total. The number of aliphatic imine (C=N–C) groups is 2. The van der Waals surface area contributed by atoms with Crippen molar-refractivity contribution in [2.75, 3.05) is 0 Å². The van der Waals surface area contributed by atoms with Crippen LogP contribution in [0.3, 0.4) is 0 Å². The molecule has 11 rings (SSSR count). The van der Waals surface area contributed by atoms with Crippen molar-refractivity contribution in [3.63, 3.8) is 0 Å². The molecule has 11 aromatic rings. The smallest absolute Gasteiger partial charge is 0.157 e. The van der Waals surface area contributed by atoms with Gasteiger partial charge in [0.2, 0.25) is 0 Å². The van der Waals surface area contributed by atoms with Crippen LogP contribution in [0.2, 0.25) is 0 Å². The summed E-state index contributed by atoms with van der Waals surface area (Å²) in [5.41, 5.74) is 20.9. The monoisotopic (exact) mass is 844 g/mol. The summed E-state index contributed by atoms with van der Waals surface area (Å²) in [6.07, 6.45) is 5.51. The van der Waals surface area contributed by atoms with Gasteiger partial charge in [-0.15, -0.1) is 11.3 Å². The normalized spacial score (nSPS) is 12.5. The topological polar surface area (TPSA) is 68.8 Å². The summed E-state index contributed by atoms with van der Waals surface area (Å²) in [6.45, 7) is 4.89. The number of amidine groups is 2. The number of rotatable bonds is 9. The summed E-state index contributed by atoms with van der Waals surface area (Å²) in [7, 11) is 0. The van der Waals surface area contributed by atoms with Crippen molar-refractivity contribution in [1.82, 2.24) is 4.57 Å². The molecule has 308 valence electrons. The second-order valence-electron chi connectivity index (χ2n) is 16.2. The van der Waals surface area contributed by atoms with Gasteiger partial charge in [0.1, 0.15) is 17.0 Å². The lowest BCUT2D eigenvalue weighted by Gasteiger charge is -2.11. The molecule has 6 heteroatoms. The van der Waals surface area contributed by atoms with Crippen LogP contribution in [0.15, 0.2) is 202 Å². The first-order valence-electron chi connectivity index (χ1n) is 21.8. The number of nitrogens with zero attached hydrogens (tertiary/aromatic N) is 3. The van der Waals surface area contributed by atoms with Crippen LogP contribution < -0.4 is 5.73 Å². The van der Waals surface area contributed by atoms with Crippen molar-refractivity contribution < 1.29 is 4.42 Å². The maximum atomic E-state index is 7.07. The van der Waals surface area contributed by atoms with Gasteiger partial charge in [-0.3, -0.25) is 4.99 Å². The highest BCUT2D eigenvalue weighted by Gasteiger charge is 2.21. The zero-order chi connectivity index (χ0) is 43.1. The first kappa shape index (κ1) is 39.1. The number of allylic oxidation sites excluding steroid dienone is 1. The molecule has 5 nitrogen and oxygen atoms in total. The van der Waals surface area contributed by atoms with Gasteiger partial charge in [-0.2, -0.15) is 0 Å². The number of nitrogens with two attached hydrogens (primary N) is 1. The van der Waals surface area contributed by atoms with Gasteiger partial charge in [0, 0.05) is 48.5 Å². The fraction of sp³-hybridized carbons (Fsp3) is 0.0690. The van der Waals surface area contributed by atoms with Crippen LogP contribution in [0, 0.1) is 6.92 Å². The Labute approximate surface area is 375 Å². The van der Waals surface area contributed by atoms with Crippen LogP contribution in [0.25, 0.3) is 87.0 Å². The second-order valence-corrected chi connectivity index (χ2v) is 17.2. The van der Waals surface area contributed by atoms with E-state index in [9.17, 15) is 0 Å². The fourth-order valence-electron chi connectivity index (χ4n) is 9.12. The molecule has 3 heterocycles. The molecule has 64 heavy (non-hydrogen) atoms. The van der Waals surface area contributed by atoms with E-state index in [1.807, 2.05) is 53.8 Å². The molecule has 0 atom stereocenters. The molecule has 3 aromatic heterocycles. The van der Waals surface area contributed by atoms with E-state index in [1.54, 1.807) is 0 Å². The average Bonchev–Trinajstić information content (AvgIpc) is 4.01. The number of thiophene rings is 1. The van der Waals surface area contributed by atoms with E-state index < -0.39 is 0 Å². The van der Waals surface area contributed by atoms with Gasteiger partial charge in [-0.1, -0.05) is 159 Å². The van der Waals surface area contributed by atoms with E-state index in [2.05, 4.69) is 170 Å². The maximum absolute atomic E-state index is 7.07. The minimum atomic E-state index is 0.372. The molecule has 0 spiro atoms. The van der Waals surface area contributed by atoms with E-state index in [0.717, 1.165) is 61.7 Å². The molecule has 0 bridgehead atoms. The lowest BCUT2D eigenvalue weighted by molar-refractivity contribution is 0.669. The third-order valence-corrected chi connectivity index (χ3v) is 13.4. The van der Waals surface area contributed by atoms with E-state index in [1.165, 1.54) is 53.6 Å². The minimum Gasteiger partial charge on any atom is -0.456 e. The molecule has 0 aliphatic carbocycles. The highest BCUT2D eigenvalue weighted by Crippen LogP contribution is 2.45. The van der Waals surface area contributed by atoms with Gasteiger partial charge in [-0.05, 0) is 89.2 Å². The Bertz CT molecular complexity index is 3630. The Morgan fingerprint density at radius 2 is 1.38 bits per heavy atom. The Kier molecular flexibility index (Phi) is 10.1. The summed E-state index contributed by atoms with van der Waals surface area (Å²) >= 11 is 1.86. The molecule has 0 aliphatic heterocycles. The Hall–Kier alpha value is -7.80. The quantitative estimate of drug-likeness (QED) is 0.116. The summed E-state index contributed by atoms with van der Waals surface area (Å²) in [6, 6.07) is 63.7. The second kappa shape index (κ2) is 16.5. The van der Waals surface area contributed by atoms with Crippen LogP contribution in [0.5, 0.6) is 0 Å². The highest BCUT2D eigenvalue weighted by atomic mass is 32.1. The first-order valence-corrected chi connectivity index (χ1v) is 22.6. The Balaban J connectivity index is 1.03. The summed E-state index contributed by atoms with van der Waals surface area (Å²) in [5, 5.41) is 5.66. The average molecular weight is 845 g/mol. The molecule has 0 unspecified atom stereocenters. The SMILES string of the molecule is CC/C=C\c1c(C)c2ccccc2n1-c1cccc2c1sc1cccc(-c3ccc4oc5cccc(C(N)=NC(=NCc6ccccc6)c6ccc(-c7ccccc7)cc6)c5c4c3)c12. The van der Waals surface area contributed by atoms with Gasteiger partial charge >= 0.3 is 0 Å². The Morgan fingerprint density at radius 1 is 0.656 bits per heavy atom. The largest absolute Gasteiger partial charge is 0.456 e. The van der Waals surface area contributed by atoms with Crippen LogP contribution >= 0.6 is 11.3 Å². The van der Waals surface area contributed by atoms with Crippen molar-refractivity contribution in [2.45, 2.75) is 26.8 Å². The van der Waals surface area contributed by atoms with Crippen molar-refractivity contribution in [2.24, 2.45) is 15.7 Å². The predicted octanol–water partition coefficient (Wildman–Crippen LogP) is 15.3. The number of hydrogen-bond donors (Lipinski definition) is 1. The van der Waals surface area contributed by atoms with Crippen molar-refractivity contribution in [3.05, 3.63) is 216 Å². The number of furan rings is 1. The molecule has 0 radical (unpaired) electrons. The molecule has 0 amide bonds. The van der Waals surface area contributed by atoms with Gasteiger partial charge in [0.05, 0.1) is 22.4 Å². The fourth-order valence-corrected chi connectivity index (χ4v) is 10.4. The van der Waals surface area contributed by atoms with Gasteiger partial charge < -0.3 is 14.7 Å². The lowest BCUT2D eigenvalue weighted by Crippen LogP contribution is -2.17. The van der Waals surface area contributed by atoms with E-state index in [-0.39, 0.29) is 0 Å². The third-order valence-electron chi connectivity index (χ3n) is 12.2. The van der Waals surface area contributed by atoms with E-state index in [4.69, 9.17) is 20.1 Å². The minimum absolute atomic E-state index is 0.372. The molecule has 8 aromatic carbocycles. The van der Waals surface area contributed by atoms with Gasteiger partial charge in [-0.25, -0.2) is 4.99 Å². The number of aryl methyl sites for hydroxylation is 1. The first-order chi connectivity index (χ1) is 31.5. The van der Waals surface area contributed by atoms with Crippen LogP contribution in [0.1, 0.15) is 41.3 Å². The summed E-state index contributed by atoms with van der Waals surface area (Å²) < 4.78 is 11.5. The third kappa shape index (κ3) is 6.89. The van der Waals surface area contributed by atoms with Gasteiger partial charge in [0.25, 0.3) is 0 Å². The van der Waals surface area contributed by atoms with Crippen LogP contribution in [-0.4, -0.2) is 16.2 Å². The van der Waals surface area contributed by atoms with E-state index >= 15 is 0 Å². The summed E-state index contributed by atoms with van der Waals surface area (Å²) in [5.74, 6) is 0.940. The number of para-hydroxylation sites is 1. The van der Waals surface area contributed by atoms with Crippen LogP contribution in [0.4, 0.5) is 0 Å². The number of fused-ring (bicyclic) bond motifs is 7. The zero-order valence-electron chi connectivity index (χ0n) is 35.6. The standard InChI is InChI=1S/C58H44N4OS/c1-3-4-24-48-37(2)43-20-11-12-25-49(43)62(48)50-26-13-22-45-55-44(21-15-28-53(55)64-56(45)50)42-33-34-51-47(35-42)54-46(23-14-27-52(54)63-51)57(59)61-58(60-36-38-16-7-5-8-17-38)41-31-29-40(30-32-41)39-18-9-6-10-19-39/h4-35H,3,36H2,1-2H3,(H2,59,60,61)/b24-4-. The Morgan fingerprint density at radius 3 is 2.20 bits per heavy atom. The molecular weight excluding hydrogens is 801 g/mol. The molecule has 0 aliphatic rings. The predicted molar refractivity (Wildman–Crippen MR) is 272 cm³/mol. The van der Waals surface area contributed by atoms with Crippen molar-refractivity contribution in [3.8, 4) is 27.9 Å². The molecular formula is C58H44N4OS. The molecule has 0 saturated carbocycles. The zero-order valence-corrected chi connectivity index (χ0v) is 36.4. The lowest BCUT2D eigenvalue weighted by atomic mass is 9.97. The molecule has 0 fully saturated rings. The van der Waals surface area contributed by atoms with Gasteiger partial charge in [0.15, 0.2) is 5.84 Å². The van der Waals surface area contributed by atoms with Crippen molar-refractivity contribution >= 4 is 82.1 Å². The van der Waals surface area contributed by atoms with E-state index in [0.29, 0.717) is 18.2 Å². The summed E-state index contributed by atoms with van der Waals surface area (Å²) in [4.78, 5) is 10.1. The number of hydrogen-bond acceptors (Lipinski definition) is 3. The number of aromatic nitrogens is 1. The number of benzene rings is 8. The highest BCUT2D eigenvalue weighted by molar-refractivity contribution is 7.26. The van der Waals surface area contributed by atoms with Crippen LogP contribution in [-0.2, 0) is 6.54 Å². The van der Waals surface area contributed by atoms with Crippen molar-refractivity contribution in [1.29, 1.82) is 0 Å². The molecule has 0 saturated heterocycles.